The third-order valence-corrected chi connectivity index (χ3v) is 5.96. The highest BCUT2D eigenvalue weighted by molar-refractivity contribution is 7.99. The SMILES string of the molecule is O=C([C@@H]1C[C@@H]1c1ncn[nH]1)N1CC[C@@H](CSc2ccccc2)C1. The van der Waals surface area contributed by atoms with E-state index in [1.54, 1.807) is 0 Å². The zero-order valence-corrected chi connectivity index (χ0v) is 13.7. The molecular weight excluding hydrogens is 308 g/mol. The number of benzene rings is 1. The summed E-state index contributed by atoms with van der Waals surface area (Å²) in [5.41, 5.74) is 0. The van der Waals surface area contributed by atoms with Crippen LogP contribution < -0.4 is 0 Å². The van der Waals surface area contributed by atoms with Gasteiger partial charge in [-0.15, -0.1) is 11.8 Å². The number of thioether (sulfide) groups is 1. The predicted octanol–water partition coefficient (Wildman–Crippen LogP) is 2.55. The molecule has 3 atom stereocenters. The molecule has 2 aliphatic rings. The van der Waals surface area contributed by atoms with E-state index in [1.165, 1.54) is 11.2 Å². The lowest BCUT2D eigenvalue weighted by Gasteiger charge is -2.16. The van der Waals surface area contributed by atoms with Crippen LogP contribution in [-0.4, -0.2) is 44.8 Å². The molecule has 1 aliphatic carbocycles. The molecule has 1 N–H and O–H groups in total. The van der Waals surface area contributed by atoms with Gasteiger partial charge in [0.15, 0.2) is 0 Å². The number of rotatable bonds is 5. The number of carbonyl (C=O) groups is 1. The van der Waals surface area contributed by atoms with Crippen LogP contribution in [0.25, 0.3) is 0 Å². The second-order valence-corrected chi connectivity index (χ2v) is 7.48. The van der Waals surface area contributed by atoms with Crippen molar-refractivity contribution in [2.24, 2.45) is 11.8 Å². The van der Waals surface area contributed by atoms with E-state index in [-0.39, 0.29) is 11.8 Å². The van der Waals surface area contributed by atoms with Crippen LogP contribution in [0.1, 0.15) is 24.6 Å². The van der Waals surface area contributed by atoms with Crippen molar-refractivity contribution in [3.8, 4) is 0 Å². The summed E-state index contributed by atoms with van der Waals surface area (Å²) < 4.78 is 0. The van der Waals surface area contributed by atoms with Crippen molar-refractivity contribution in [1.29, 1.82) is 0 Å². The Morgan fingerprint density at radius 3 is 3.00 bits per heavy atom. The molecule has 0 radical (unpaired) electrons. The van der Waals surface area contributed by atoms with Crippen LogP contribution in [0.2, 0.25) is 0 Å². The second-order valence-electron chi connectivity index (χ2n) is 6.38. The molecule has 1 amide bonds. The van der Waals surface area contributed by atoms with Crippen LogP contribution in [0.15, 0.2) is 41.6 Å². The van der Waals surface area contributed by atoms with Crippen LogP contribution in [0, 0.1) is 11.8 Å². The van der Waals surface area contributed by atoms with Crippen molar-refractivity contribution in [3.05, 3.63) is 42.5 Å². The van der Waals surface area contributed by atoms with Gasteiger partial charge < -0.3 is 4.90 Å². The lowest BCUT2D eigenvalue weighted by molar-refractivity contribution is -0.131. The number of nitrogens with one attached hydrogen (secondary N) is 1. The summed E-state index contributed by atoms with van der Waals surface area (Å²) >= 11 is 1.89. The standard InChI is InChI=1S/C17H20N4OS/c22-17(15-8-14(15)16-18-11-19-20-16)21-7-6-12(9-21)10-23-13-4-2-1-3-5-13/h1-5,11-12,14-15H,6-10H2,(H,18,19,20)/t12-,14+,15-/m1/s1. The Bertz CT molecular complexity index is 660. The first-order chi connectivity index (χ1) is 11.3. The molecule has 2 heterocycles. The van der Waals surface area contributed by atoms with Crippen molar-refractivity contribution >= 4 is 17.7 Å². The average Bonchev–Trinajstić information content (AvgIpc) is 3.02. The first-order valence-electron chi connectivity index (χ1n) is 8.13. The fourth-order valence-corrected chi connectivity index (χ4v) is 4.35. The highest BCUT2D eigenvalue weighted by Gasteiger charge is 2.48. The molecule has 0 spiro atoms. The fraction of sp³-hybridized carbons (Fsp3) is 0.471. The minimum Gasteiger partial charge on any atom is -0.342 e. The van der Waals surface area contributed by atoms with Gasteiger partial charge in [0.1, 0.15) is 12.2 Å². The van der Waals surface area contributed by atoms with Crippen LogP contribution in [0.3, 0.4) is 0 Å². The Balaban J connectivity index is 1.26. The maximum absolute atomic E-state index is 12.6. The van der Waals surface area contributed by atoms with E-state index in [0.29, 0.717) is 11.8 Å². The van der Waals surface area contributed by atoms with Crippen molar-refractivity contribution in [1.82, 2.24) is 20.1 Å². The summed E-state index contributed by atoms with van der Waals surface area (Å²) in [6.45, 7) is 1.80. The van der Waals surface area contributed by atoms with Crippen molar-refractivity contribution < 1.29 is 4.79 Å². The van der Waals surface area contributed by atoms with E-state index in [1.807, 2.05) is 17.8 Å². The fourth-order valence-electron chi connectivity index (χ4n) is 3.30. The summed E-state index contributed by atoms with van der Waals surface area (Å²) in [5.74, 6) is 3.22. The first-order valence-corrected chi connectivity index (χ1v) is 9.11. The molecule has 5 nitrogen and oxygen atoms in total. The lowest BCUT2D eigenvalue weighted by atomic mass is 10.2. The zero-order valence-electron chi connectivity index (χ0n) is 12.9. The van der Waals surface area contributed by atoms with E-state index in [2.05, 4.69) is 44.3 Å². The number of aromatic amines is 1. The Morgan fingerprint density at radius 1 is 1.35 bits per heavy atom. The summed E-state index contributed by atoms with van der Waals surface area (Å²) in [6, 6.07) is 10.5. The zero-order chi connectivity index (χ0) is 15.6. The number of amides is 1. The van der Waals surface area contributed by atoms with Crippen LogP contribution >= 0.6 is 11.8 Å². The average molecular weight is 328 g/mol. The summed E-state index contributed by atoms with van der Waals surface area (Å²) in [5, 5.41) is 6.76. The summed E-state index contributed by atoms with van der Waals surface area (Å²) in [7, 11) is 0. The molecular formula is C17H20N4OS. The highest BCUT2D eigenvalue weighted by Crippen LogP contribution is 2.47. The van der Waals surface area contributed by atoms with E-state index < -0.39 is 0 Å². The topological polar surface area (TPSA) is 61.9 Å². The van der Waals surface area contributed by atoms with Gasteiger partial charge in [-0.25, -0.2) is 4.98 Å². The van der Waals surface area contributed by atoms with Gasteiger partial charge in [0.25, 0.3) is 0 Å². The molecule has 23 heavy (non-hydrogen) atoms. The smallest absolute Gasteiger partial charge is 0.226 e. The van der Waals surface area contributed by atoms with Gasteiger partial charge in [0.2, 0.25) is 5.91 Å². The number of hydrogen-bond donors (Lipinski definition) is 1. The molecule has 2 fully saturated rings. The third-order valence-electron chi connectivity index (χ3n) is 4.72. The maximum Gasteiger partial charge on any atom is 0.226 e. The van der Waals surface area contributed by atoms with Crippen LogP contribution in [-0.2, 0) is 4.79 Å². The minimum atomic E-state index is 0.114. The number of carbonyl (C=O) groups excluding carboxylic acids is 1. The molecule has 6 heteroatoms. The monoisotopic (exact) mass is 328 g/mol. The molecule has 0 bridgehead atoms. The normalized spacial score (nSPS) is 26.4. The van der Waals surface area contributed by atoms with Gasteiger partial charge >= 0.3 is 0 Å². The Hall–Kier alpha value is -1.82. The second kappa shape index (κ2) is 6.35. The van der Waals surface area contributed by atoms with E-state index >= 15 is 0 Å². The van der Waals surface area contributed by atoms with E-state index in [0.717, 1.165) is 37.5 Å². The quantitative estimate of drug-likeness (QED) is 0.857. The van der Waals surface area contributed by atoms with Crippen LogP contribution in [0.5, 0.6) is 0 Å². The largest absolute Gasteiger partial charge is 0.342 e. The number of aromatic nitrogens is 3. The van der Waals surface area contributed by atoms with Crippen molar-refractivity contribution in [2.45, 2.75) is 23.7 Å². The molecule has 1 saturated carbocycles. The predicted molar refractivity (Wildman–Crippen MR) is 89.1 cm³/mol. The van der Waals surface area contributed by atoms with Gasteiger partial charge in [0, 0.05) is 35.6 Å². The number of hydrogen-bond acceptors (Lipinski definition) is 4. The van der Waals surface area contributed by atoms with E-state index in [4.69, 9.17) is 0 Å². The molecule has 1 aromatic carbocycles. The first kappa shape index (κ1) is 14.8. The minimum absolute atomic E-state index is 0.114. The van der Waals surface area contributed by atoms with E-state index in [9.17, 15) is 4.79 Å². The van der Waals surface area contributed by atoms with Gasteiger partial charge in [0.05, 0.1) is 0 Å². The maximum atomic E-state index is 12.6. The lowest BCUT2D eigenvalue weighted by Crippen LogP contribution is -2.30. The molecule has 120 valence electrons. The van der Waals surface area contributed by atoms with Gasteiger partial charge in [-0.05, 0) is 30.9 Å². The van der Waals surface area contributed by atoms with Crippen LogP contribution in [0.4, 0.5) is 0 Å². The number of likely N-dealkylation sites (tertiary alicyclic amines) is 1. The molecule has 1 aromatic heterocycles. The Morgan fingerprint density at radius 2 is 2.22 bits per heavy atom. The molecule has 2 aromatic rings. The van der Waals surface area contributed by atoms with Crippen molar-refractivity contribution in [2.75, 3.05) is 18.8 Å². The number of H-pyrrole nitrogens is 1. The highest BCUT2D eigenvalue weighted by atomic mass is 32.2. The van der Waals surface area contributed by atoms with Gasteiger partial charge in [-0.2, -0.15) is 5.10 Å². The Labute approximate surface area is 139 Å². The Kier molecular flexibility index (Phi) is 4.08. The third kappa shape index (κ3) is 3.27. The number of nitrogens with zero attached hydrogens (tertiary/aromatic N) is 3. The molecule has 1 saturated heterocycles. The molecule has 0 unspecified atom stereocenters. The summed E-state index contributed by atoms with van der Waals surface area (Å²) in [6.07, 6.45) is 3.54. The van der Waals surface area contributed by atoms with Crippen molar-refractivity contribution in [3.63, 3.8) is 0 Å². The molecule has 1 aliphatic heterocycles. The molecule has 4 rings (SSSR count). The van der Waals surface area contributed by atoms with Gasteiger partial charge in [-0.1, -0.05) is 18.2 Å². The van der Waals surface area contributed by atoms with Gasteiger partial charge in [-0.3, -0.25) is 9.89 Å². The summed E-state index contributed by atoms with van der Waals surface area (Å²) in [4.78, 5) is 20.1.